The monoisotopic (exact) mass is 223 g/mol. The maximum absolute atomic E-state index is 4.10. The Kier molecular flexibility index (Phi) is 3.14. The predicted octanol–water partition coefficient (Wildman–Crippen LogP) is 2.48. The highest BCUT2D eigenvalue weighted by Gasteiger charge is 2.35. The van der Waals surface area contributed by atoms with Gasteiger partial charge in [0.2, 0.25) is 0 Å². The summed E-state index contributed by atoms with van der Waals surface area (Å²) in [5.74, 6) is 0.890. The minimum atomic E-state index is 0.451. The molecule has 3 nitrogen and oxygen atoms in total. The molecule has 0 saturated heterocycles. The number of thioether (sulfide) groups is 1. The van der Waals surface area contributed by atoms with Crippen molar-refractivity contribution in [1.82, 2.24) is 10.2 Å². The van der Waals surface area contributed by atoms with Gasteiger partial charge in [0.1, 0.15) is 5.82 Å². The smallest absolute Gasteiger partial charge is 0.148 e. The van der Waals surface area contributed by atoms with Crippen LogP contribution in [0.4, 0.5) is 5.82 Å². The van der Waals surface area contributed by atoms with Crippen molar-refractivity contribution < 1.29 is 0 Å². The number of aromatic nitrogens is 2. The Morgan fingerprint density at radius 3 is 2.67 bits per heavy atom. The first-order valence-electron chi connectivity index (χ1n) is 5.33. The second-order valence-corrected chi connectivity index (χ2v) is 5.43. The van der Waals surface area contributed by atoms with Gasteiger partial charge in [-0.1, -0.05) is 6.42 Å². The molecule has 0 bridgehead atoms. The van der Waals surface area contributed by atoms with Crippen LogP contribution in [0.15, 0.2) is 12.1 Å². The zero-order chi connectivity index (χ0) is 10.7. The first-order chi connectivity index (χ1) is 7.24. The molecular weight excluding hydrogens is 206 g/mol. The van der Waals surface area contributed by atoms with Gasteiger partial charge in [0.05, 0.1) is 5.69 Å². The zero-order valence-electron chi connectivity index (χ0n) is 9.29. The van der Waals surface area contributed by atoms with Gasteiger partial charge in [-0.15, -0.1) is 5.10 Å². The fourth-order valence-corrected chi connectivity index (χ4v) is 2.68. The minimum absolute atomic E-state index is 0.451. The molecule has 1 N–H and O–H groups in total. The molecule has 1 aliphatic carbocycles. The maximum Gasteiger partial charge on any atom is 0.148 e. The lowest BCUT2D eigenvalue weighted by molar-refractivity contribution is 0.379. The highest BCUT2D eigenvalue weighted by Crippen LogP contribution is 2.42. The van der Waals surface area contributed by atoms with Crippen LogP contribution in [0.1, 0.15) is 25.0 Å². The number of nitrogens with one attached hydrogen (secondary N) is 1. The summed E-state index contributed by atoms with van der Waals surface area (Å²) < 4.78 is 0.451. The Hall–Kier alpha value is -0.770. The van der Waals surface area contributed by atoms with Crippen LogP contribution < -0.4 is 5.32 Å². The molecule has 1 fully saturated rings. The Morgan fingerprint density at radius 2 is 2.20 bits per heavy atom. The number of hydrogen-bond donors (Lipinski definition) is 1. The average Bonchev–Trinajstić information content (AvgIpc) is 2.20. The van der Waals surface area contributed by atoms with Gasteiger partial charge in [-0.2, -0.15) is 16.9 Å². The van der Waals surface area contributed by atoms with Gasteiger partial charge in [0, 0.05) is 11.3 Å². The molecule has 0 aliphatic heterocycles. The molecule has 1 aromatic rings. The first-order valence-corrected chi connectivity index (χ1v) is 6.56. The summed E-state index contributed by atoms with van der Waals surface area (Å²) in [7, 11) is 0. The molecule has 2 rings (SSSR count). The fraction of sp³-hybridized carbons (Fsp3) is 0.636. The van der Waals surface area contributed by atoms with E-state index in [0.29, 0.717) is 4.75 Å². The quantitative estimate of drug-likeness (QED) is 0.851. The van der Waals surface area contributed by atoms with Gasteiger partial charge in [0.15, 0.2) is 0 Å². The lowest BCUT2D eigenvalue weighted by Crippen LogP contribution is -2.40. The van der Waals surface area contributed by atoms with E-state index >= 15 is 0 Å². The van der Waals surface area contributed by atoms with Crippen molar-refractivity contribution >= 4 is 17.6 Å². The normalized spacial score (nSPS) is 18.3. The summed E-state index contributed by atoms with van der Waals surface area (Å²) in [6, 6.07) is 3.98. The highest BCUT2D eigenvalue weighted by molar-refractivity contribution is 8.00. The van der Waals surface area contributed by atoms with Crippen LogP contribution in [-0.2, 0) is 0 Å². The van der Waals surface area contributed by atoms with Crippen molar-refractivity contribution in [3.8, 4) is 0 Å². The molecule has 1 saturated carbocycles. The van der Waals surface area contributed by atoms with Crippen LogP contribution in [0, 0.1) is 6.92 Å². The van der Waals surface area contributed by atoms with E-state index in [-0.39, 0.29) is 0 Å². The molecule has 0 radical (unpaired) electrons. The second-order valence-electron chi connectivity index (χ2n) is 4.15. The van der Waals surface area contributed by atoms with Gasteiger partial charge in [0.25, 0.3) is 0 Å². The van der Waals surface area contributed by atoms with E-state index in [1.54, 1.807) is 0 Å². The van der Waals surface area contributed by atoms with Gasteiger partial charge >= 0.3 is 0 Å². The van der Waals surface area contributed by atoms with Crippen LogP contribution in [0.2, 0.25) is 0 Å². The molecule has 15 heavy (non-hydrogen) atoms. The van der Waals surface area contributed by atoms with Crippen molar-refractivity contribution in [3.63, 3.8) is 0 Å². The summed E-state index contributed by atoms with van der Waals surface area (Å²) in [6.45, 7) is 2.96. The Balaban J connectivity index is 1.90. The van der Waals surface area contributed by atoms with E-state index in [1.165, 1.54) is 19.3 Å². The summed E-state index contributed by atoms with van der Waals surface area (Å²) in [4.78, 5) is 0. The second kappa shape index (κ2) is 4.39. The van der Waals surface area contributed by atoms with Gasteiger partial charge < -0.3 is 5.32 Å². The Bertz CT molecular complexity index is 314. The van der Waals surface area contributed by atoms with Crippen LogP contribution in [0.25, 0.3) is 0 Å². The summed E-state index contributed by atoms with van der Waals surface area (Å²) in [5, 5.41) is 11.5. The van der Waals surface area contributed by atoms with Crippen LogP contribution in [-0.4, -0.2) is 27.7 Å². The topological polar surface area (TPSA) is 37.8 Å². The molecule has 0 unspecified atom stereocenters. The maximum atomic E-state index is 4.10. The summed E-state index contributed by atoms with van der Waals surface area (Å²) in [5.41, 5.74) is 0.962. The molecular formula is C11H17N3S. The number of rotatable bonds is 4. The van der Waals surface area contributed by atoms with E-state index in [9.17, 15) is 0 Å². The van der Waals surface area contributed by atoms with Crippen molar-refractivity contribution in [2.75, 3.05) is 18.1 Å². The minimum Gasteiger partial charge on any atom is -0.367 e. The van der Waals surface area contributed by atoms with E-state index in [2.05, 4.69) is 21.8 Å². The molecule has 0 aromatic carbocycles. The lowest BCUT2D eigenvalue weighted by atomic mass is 9.84. The van der Waals surface area contributed by atoms with Gasteiger partial charge in [-0.3, -0.25) is 0 Å². The van der Waals surface area contributed by atoms with Crippen LogP contribution in [0.3, 0.4) is 0 Å². The van der Waals surface area contributed by atoms with Crippen molar-refractivity contribution in [2.45, 2.75) is 30.9 Å². The third kappa shape index (κ3) is 2.43. The summed E-state index contributed by atoms with van der Waals surface area (Å²) in [6.07, 6.45) is 6.20. The van der Waals surface area contributed by atoms with Gasteiger partial charge in [-0.05, 0) is 38.2 Å². The molecule has 0 amide bonds. The standard InChI is InChI=1S/C11H17N3S/c1-9-4-5-10(14-13-9)12-8-11(15-2)6-3-7-11/h4-5H,3,6-8H2,1-2H3,(H,12,14). The fourth-order valence-electron chi connectivity index (χ4n) is 1.77. The number of nitrogens with zero attached hydrogens (tertiary/aromatic N) is 2. The van der Waals surface area contributed by atoms with E-state index in [0.717, 1.165) is 18.1 Å². The number of anilines is 1. The zero-order valence-corrected chi connectivity index (χ0v) is 10.1. The van der Waals surface area contributed by atoms with Gasteiger partial charge in [-0.25, -0.2) is 0 Å². The molecule has 0 atom stereocenters. The van der Waals surface area contributed by atoms with Crippen LogP contribution in [0.5, 0.6) is 0 Å². The molecule has 1 aliphatic rings. The van der Waals surface area contributed by atoms with E-state index < -0.39 is 0 Å². The third-order valence-electron chi connectivity index (χ3n) is 3.09. The molecule has 4 heteroatoms. The molecule has 82 valence electrons. The van der Waals surface area contributed by atoms with Crippen LogP contribution >= 0.6 is 11.8 Å². The van der Waals surface area contributed by atoms with Crippen molar-refractivity contribution in [3.05, 3.63) is 17.8 Å². The molecule has 1 aromatic heterocycles. The van der Waals surface area contributed by atoms with Crippen molar-refractivity contribution in [2.24, 2.45) is 0 Å². The SMILES string of the molecule is CSC1(CNc2ccc(C)nn2)CCC1. The predicted molar refractivity (Wildman–Crippen MR) is 65.4 cm³/mol. The number of hydrogen-bond acceptors (Lipinski definition) is 4. The number of aryl methyl sites for hydroxylation is 1. The Labute approximate surface area is 95.1 Å². The lowest BCUT2D eigenvalue weighted by Gasteiger charge is -2.40. The molecule has 1 heterocycles. The molecule has 0 spiro atoms. The Morgan fingerprint density at radius 1 is 1.40 bits per heavy atom. The first kappa shape index (κ1) is 10.7. The largest absolute Gasteiger partial charge is 0.367 e. The van der Waals surface area contributed by atoms with Crippen molar-refractivity contribution in [1.29, 1.82) is 0 Å². The average molecular weight is 223 g/mol. The summed E-state index contributed by atoms with van der Waals surface area (Å²) >= 11 is 1.97. The highest BCUT2D eigenvalue weighted by atomic mass is 32.2. The third-order valence-corrected chi connectivity index (χ3v) is 4.51. The van der Waals surface area contributed by atoms with E-state index in [1.807, 2.05) is 30.8 Å². The van der Waals surface area contributed by atoms with E-state index in [4.69, 9.17) is 0 Å².